The number of hydrogen-bond acceptors (Lipinski definition) is 3. The van der Waals surface area contributed by atoms with E-state index in [-0.39, 0.29) is 18.1 Å². The first-order chi connectivity index (χ1) is 7.65. The number of amides is 1. The Hall–Kier alpha value is -2.10. The molecule has 4 heteroatoms. The number of benzene rings is 1. The van der Waals surface area contributed by atoms with Crippen LogP contribution in [0, 0.1) is 0 Å². The van der Waals surface area contributed by atoms with Gasteiger partial charge >= 0.3 is 0 Å². The first kappa shape index (κ1) is 10.4. The third-order valence-corrected chi connectivity index (χ3v) is 2.22. The number of ketones is 1. The number of allylic oxidation sites excluding steroid dienone is 1. The molecule has 1 aliphatic heterocycles. The fourth-order valence-electron chi connectivity index (χ4n) is 1.62. The van der Waals surface area contributed by atoms with Gasteiger partial charge in [0.1, 0.15) is 0 Å². The maximum absolute atomic E-state index is 11.5. The van der Waals surface area contributed by atoms with E-state index in [4.69, 9.17) is 0 Å². The van der Waals surface area contributed by atoms with Crippen molar-refractivity contribution in [2.45, 2.75) is 13.3 Å². The molecule has 1 aromatic rings. The molecule has 0 spiro atoms. The van der Waals surface area contributed by atoms with E-state index in [1.807, 2.05) is 24.3 Å². The number of fused-ring (bicyclic) bond motifs is 1. The standard InChI is InChI=1S/C12H12N2O2/c1-8(15)6-9-7-12(16)14-11-5-3-2-4-10(11)13-9/h2-6,13H,7H2,1H3,(H,14,16)/b9-6-. The molecule has 16 heavy (non-hydrogen) atoms. The minimum Gasteiger partial charge on any atom is -0.357 e. The highest BCUT2D eigenvalue weighted by atomic mass is 16.1. The summed E-state index contributed by atoms with van der Waals surface area (Å²) in [6.45, 7) is 1.46. The Morgan fingerprint density at radius 3 is 2.50 bits per heavy atom. The number of para-hydroxylation sites is 2. The molecule has 2 N–H and O–H groups in total. The summed E-state index contributed by atoms with van der Waals surface area (Å²) in [6.07, 6.45) is 1.63. The normalized spacial score (nSPS) is 17.1. The average molecular weight is 216 g/mol. The maximum Gasteiger partial charge on any atom is 0.230 e. The highest BCUT2D eigenvalue weighted by Crippen LogP contribution is 2.26. The lowest BCUT2D eigenvalue weighted by atomic mass is 10.2. The van der Waals surface area contributed by atoms with E-state index in [1.54, 1.807) is 0 Å². The molecule has 1 aliphatic rings. The topological polar surface area (TPSA) is 58.2 Å². The zero-order chi connectivity index (χ0) is 11.5. The smallest absolute Gasteiger partial charge is 0.230 e. The highest BCUT2D eigenvalue weighted by molar-refractivity contribution is 5.99. The van der Waals surface area contributed by atoms with Crippen LogP contribution < -0.4 is 10.6 Å². The van der Waals surface area contributed by atoms with Crippen molar-refractivity contribution in [3.63, 3.8) is 0 Å². The van der Waals surface area contributed by atoms with Crippen LogP contribution in [0.25, 0.3) is 0 Å². The van der Waals surface area contributed by atoms with Crippen LogP contribution in [0.15, 0.2) is 36.0 Å². The lowest BCUT2D eigenvalue weighted by Gasteiger charge is -2.07. The summed E-state index contributed by atoms with van der Waals surface area (Å²) in [6, 6.07) is 7.39. The fourth-order valence-corrected chi connectivity index (χ4v) is 1.62. The second kappa shape index (κ2) is 4.18. The van der Waals surface area contributed by atoms with Crippen LogP contribution in [-0.2, 0) is 9.59 Å². The summed E-state index contributed by atoms with van der Waals surface area (Å²) in [4.78, 5) is 22.5. The average Bonchev–Trinajstić information content (AvgIpc) is 2.33. The van der Waals surface area contributed by atoms with Crippen molar-refractivity contribution in [3.8, 4) is 0 Å². The Kier molecular flexibility index (Phi) is 2.72. The van der Waals surface area contributed by atoms with E-state index < -0.39 is 0 Å². The molecule has 0 radical (unpaired) electrons. The van der Waals surface area contributed by atoms with Crippen molar-refractivity contribution in [2.75, 3.05) is 10.6 Å². The highest BCUT2D eigenvalue weighted by Gasteiger charge is 2.15. The molecule has 1 amide bonds. The zero-order valence-corrected chi connectivity index (χ0v) is 8.91. The van der Waals surface area contributed by atoms with Crippen LogP contribution in [0.2, 0.25) is 0 Å². The van der Waals surface area contributed by atoms with Gasteiger partial charge < -0.3 is 10.6 Å². The molecule has 0 saturated carbocycles. The SMILES string of the molecule is CC(=O)/C=C1/CC(=O)Nc2ccccc2N1. The number of anilines is 2. The van der Waals surface area contributed by atoms with Crippen molar-refractivity contribution in [1.82, 2.24) is 0 Å². The van der Waals surface area contributed by atoms with E-state index in [9.17, 15) is 9.59 Å². The lowest BCUT2D eigenvalue weighted by Crippen LogP contribution is -2.10. The molecule has 0 saturated heterocycles. The van der Waals surface area contributed by atoms with Crippen molar-refractivity contribution in [2.24, 2.45) is 0 Å². The van der Waals surface area contributed by atoms with Crippen molar-refractivity contribution in [3.05, 3.63) is 36.0 Å². The van der Waals surface area contributed by atoms with Crippen LogP contribution in [0.1, 0.15) is 13.3 Å². The largest absolute Gasteiger partial charge is 0.357 e. The summed E-state index contributed by atoms with van der Waals surface area (Å²) in [5.41, 5.74) is 2.16. The summed E-state index contributed by atoms with van der Waals surface area (Å²) in [5.74, 6) is -0.195. The zero-order valence-electron chi connectivity index (χ0n) is 8.91. The predicted molar refractivity (Wildman–Crippen MR) is 62.1 cm³/mol. The van der Waals surface area contributed by atoms with Gasteiger partial charge in [0.25, 0.3) is 0 Å². The van der Waals surface area contributed by atoms with Crippen molar-refractivity contribution >= 4 is 23.1 Å². The fraction of sp³-hybridized carbons (Fsp3) is 0.167. The number of rotatable bonds is 1. The van der Waals surface area contributed by atoms with Gasteiger partial charge in [0.05, 0.1) is 17.8 Å². The second-order valence-corrected chi connectivity index (χ2v) is 3.68. The molecule has 0 unspecified atom stereocenters. The van der Waals surface area contributed by atoms with E-state index in [1.165, 1.54) is 13.0 Å². The Balaban J connectivity index is 2.38. The summed E-state index contributed by atoms with van der Waals surface area (Å²) < 4.78 is 0. The van der Waals surface area contributed by atoms with Gasteiger partial charge in [-0.1, -0.05) is 12.1 Å². The van der Waals surface area contributed by atoms with E-state index in [2.05, 4.69) is 10.6 Å². The van der Waals surface area contributed by atoms with Crippen molar-refractivity contribution in [1.29, 1.82) is 0 Å². The van der Waals surface area contributed by atoms with Crippen LogP contribution in [-0.4, -0.2) is 11.7 Å². The quantitative estimate of drug-likeness (QED) is 0.705. The third-order valence-electron chi connectivity index (χ3n) is 2.22. The molecule has 0 aliphatic carbocycles. The van der Waals surface area contributed by atoms with Gasteiger partial charge in [-0.05, 0) is 19.1 Å². The molecular formula is C12H12N2O2. The summed E-state index contributed by atoms with van der Waals surface area (Å²) in [5, 5.41) is 5.85. The number of carbonyl (C=O) groups excluding carboxylic acids is 2. The first-order valence-corrected chi connectivity index (χ1v) is 5.02. The van der Waals surface area contributed by atoms with Crippen LogP contribution >= 0.6 is 0 Å². The van der Waals surface area contributed by atoms with E-state index in [0.29, 0.717) is 5.70 Å². The predicted octanol–water partition coefficient (Wildman–Crippen LogP) is 1.91. The molecule has 2 rings (SSSR count). The lowest BCUT2D eigenvalue weighted by molar-refractivity contribution is -0.115. The van der Waals surface area contributed by atoms with E-state index >= 15 is 0 Å². The summed E-state index contributed by atoms with van der Waals surface area (Å²) >= 11 is 0. The molecule has 0 bridgehead atoms. The molecule has 0 aromatic heterocycles. The Bertz CT molecular complexity index is 478. The minimum atomic E-state index is -0.120. The van der Waals surface area contributed by atoms with Crippen LogP contribution in [0.5, 0.6) is 0 Å². The van der Waals surface area contributed by atoms with Gasteiger partial charge in [-0.15, -0.1) is 0 Å². The number of nitrogens with one attached hydrogen (secondary N) is 2. The molecule has 0 atom stereocenters. The summed E-state index contributed by atoms with van der Waals surface area (Å²) in [7, 11) is 0. The molecule has 0 fully saturated rings. The number of hydrogen-bond donors (Lipinski definition) is 2. The van der Waals surface area contributed by atoms with Gasteiger partial charge in [-0.2, -0.15) is 0 Å². The second-order valence-electron chi connectivity index (χ2n) is 3.68. The Morgan fingerprint density at radius 2 is 1.88 bits per heavy atom. The monoisotopic (exact) mass is 216 g/mol. The Labute approximate surface area is 93.3 Å². The molecule has 1 aromatic carbocycles. The van der Waals surface area contributed by atoms with Gasteiger partial charge in [0.2, 0.25) is 5.91 Å². The minimum absolute atomic E-state index is 0.0744. The maximum atomic E-state index is 11.5. The van der Waals surface area contributed by atoms with Crippen LogP contribution in [0.4, 0.5) is 11.4 Å². The molecular weight excluding hydrogens is 204 g/mol. The first-order valence-electron chi connectivity index (χ1n) is 5.02. The van der Waals surface area contributed by atoms with E-state index in [0.717, 1.165) is 11.4 Å². The Morgan fingerprint density at radius 1 is 1.25 bits per heavy atom. The van der Waals surface area contributed by atoms with Gasteiger partial charge in [-0.25, -0.2) is 0 Å². The van der Waals surface area contributed by atoms with Gasteiger partial charge in [-0.3, -0.25) is 9.59 Å². The van der Waals surface area contributed by atoms with Crippen LogP contribution in [0.3, 0.4) is 0 Å². The molecule has 82 valence electrons. The van der Waals surface area contributed by atoms with Crippen molar-refractivity contribution < 1.29 is 9.59 Å². The van der Waals surface area contributed by atoms with Gasteiger partial charge in [0, 0.05) is 11.8 Å². The van der Waals surface area contributed by atoms with Gasteiger partial charge in [0.15, 0.2) is 5.78 Å². The third kappa shape index (κ3) is 2.28. The molecule has 1 heterocycles. The molecule has 4 nitrogen and oxygen atoms in total. The number of carbonyl (C=O) groups is 2.